The smallest absolute Gasteiger partial charge is 0.130 e. The highest BCUT2D eigenvalue weighted by molar-refractivity contribution is 5.41. The van der Waals surface area contributed by atoms with Gasteiger partial charge in [-0.25, -0.2) is 0 Å². The van der Waals surface area contributed by atoms with Crippen LogP contribution in [0.3, 0.4) is 0 Å². The van der Waals surface area contributed by atoms with Gasteiger partial charge in [0.2, 0.25) is 0 Å². The average Bonchev–Trinajstić information content (AvgIpc) is 2.58. The first-order valence-corrected chi connectivity index (χ1v) is 9.18. The number of para-hydroxylation sites is 2. The molecule has 0 saturated carbocycles. The standard InChI is InChI=1S/C22H30O/c1-3-5-7-13-19-15-9-11-17-21(19)23-22-18-12-10-16-20(22)14-8-6-4-2/h9-12,15-18H,3-8,13-14H2,1-2H3. The van der Waals surface area contributed by atoms with Crippen LogP contribution in [-0.2, 0) is 12.8 Å². The molecule has 2 aromatic rings. The molecule has 0 bridgehead atoms. The predicted octanol–water partition coefficient (Wildman–Crippen LogP) is 6.94. The molecule has 0 aliphatic carbocycles. The zero-order valence-corrected chi connectivity index (χ0v) is 14.7. The van der Waals surface area contributed by atoms with Gasteiger partial charge in [0.05, 0.1) is 0 Å². The van der Waals surface area contributed by atoms with E-state index in [1.54, 1.807) is 0 Å². The quantitative estimate of drug-likeness (QED) is 0.432. The van der Waals surface area contributed by atoms with Gasteiger partial charge >= 0.3 is 0 Å². The lowest BCUT2D eigenvalue weighted by Crippen LogP contribution is -1.96. The topological polar surface area (TPSA) is 9.23 Å². The van der Waals surface area contributed by atoms with Crippen molar-refractivity contribution in [3.8, 4) is 11.5 Å². The van der Waals surface area contributed by atoms with Crippen molar-refractivity contribution in [2.75, 3.05) is 0 Å². The summed E-state index contributed by atoms with van der Waals surface area (Å²) in [6.07, 6.45) is 9.73. The fourth-order valence-corrected chi connectivity index (χ4v) is 2.87. The molecule has 1 heteroatoms. The van der Waals surface area contributed by atoms with Crippen molar-refractivity contribution < 1.29 is 4.74 Å². The molecule has 0 saturated heterocycles. The van der Waals surface area contributed by atoms with Gasteiger partial charge in [-0.05, 0) is 48.9 Å². The minimum Gasteiger partial charge on any atom is -0.457 e. The van der Waals surface area contributed by atoms with E-state index in [9.17, 15) is 0 Å². The van der Waals surface area contributed by atoms with Crippen molar-refractivity contribution in [2.45, 2.75) is 65.2 Å². The Morgan fingerprint density at radius 2 is 1.04 bits per heavy atom. The van der Waals surface area contributed by atoms with Crippen LogP contribution in [0.15, 0.2) is 48.5 Å². The van der Waals surface area contributed by atoms with Gasteiger partial charge in [-0.15, -0.1) is 0 Å². The number of ether oxygens (including phenoxy) is 1. The highest BCUT2D eigenvalue weighted by atomic mass is 16.5. The molecular weight excluding hydrogens is 280 g/mol. The second kappa shape index (κ2) is 10.1. The molecule has 0 unspecified atom stereocenters. The maximum Gasteiger partial charge on any atom is 0.130 e. The van der Waals surface area contributed by atoms with Crippen LogP contribution in [0.5, 0.6) is 11.5 Å². The summed E-state index contributed by atoms with van der Waals surface area (Å²) in [6, 6.07) is 17.0. The van der Waals surface area contributed by atoms with Crippen molar-refractivity contribution in [3.63, 3.8) is 0 Å². The van der Waals surface area contributed by atoms with Gasteiger partial charge in [-0.3, -0.25) is 0 Å². The monoisotopic (exact) mass is 310 g/mol. The largest absolute Gasteiger partial charge is 0.457 e. The normalized spacial score (nSPS) is 10.7. The minimum atomic E-state index is 1.02. The summed E-state index contributed by atoms with van der Waals surface area (Å²) < 4.78 is 6.30. The molecule has 0 aliphatic heterocycles. The lowest BCUT2D eigenvalue weighted by atomic mass is 10.1. The van der Waals surface area contributed by atoms with E-state index < -0.39 is 0 Å². The fraction of sp³-hybridized carbons (Fsp3) is 0.455. The van der Waals surface area contributed by atoms with E-state index in [1.165, 1.54) is 49.7 Å². The first-order valence-electron chi connectivity index (χ1n) is 9.18. The SMILES string of the molecule is CCCCCc1ccccc1Oc1ccccc1CCCCC. The average molecular weight is 310 g/mol. The molecule has 0 fully saturated rings. The van der Waals surface area contributed by atoms with Crippen LogP contribution in [0.25, 0.3) is 0 Å². The van der Waals surface area contributed by atoms with E-state index in [0.29, 0.717) is 0 Å². The third-order valence-electron chi connectivity index (χ3n) is 4.26. The summed E-state index contributed by atoms with van der Waals surface area (Å²) in [4.78, 5) is 0. The van der Waals surface area contributed by atoms with Gasteiger partial charge in [0.1, 0.15) is 11.5 Å². The highest BCUT2D eigenvalue weighted by Crippen LogP contribution is 2.30. The summed E-state index contributed by atoms with van der Waals surface area (Å²) in [5.41, 5.74) is 2.65. The van der Waals surface area contributed by atoms with E-state index in [2.05, 4.69) is 62.4 Å². The van der Waals surface area contributed by atoms with Gasteiger partial charge in [0.15, 0.2) is 0 Å². The molecule has 0 N–H and O–H groups in total. The van der Waals surface area contributed by atoms with Crippen LogP contribution in [0.1, 0.15) is 63.5 Å². The van der Waals surface area contributed by atoms with Gasteiger partial charge in [-0.1, -0.05) is 75.9 Å². The van der Waals surface area contributed by atoms with Crippen LogP contribution < -0.4 is 4.74 Å². The number of unbranched alkanes of at least 4 members (excludes halogenated alkanes) is 4. The van der Waals surface area contributed by atoms with Crippen molar-refractivity contribution in [1.82, 2.24) is 0 Å². The van der Waals surface area contributed by atoms with Crippen molar-refractivity contribution >= 4 is 0 Å². The molecule has 0 atom stereocenters. The molecule has 0 heterocycles. The van der Waals surface area contributed by atoms with E-state index in [0.717, 1.165) is 24.3 Å². The van der Waals surface area contributed by atoms with Gasteiger partial charge < -0.3 is 4.74 Å². The molecule has 0 aliphatic rings. The Hall–Kier alpha value is -1.76. The van der Waals surface area contributed by atoms with Crippen molar-refractivity contribution in [1.29, 1.82) is 0 Å². The summed E-state index contributed by atoms with van der Waals surface area (Å²) >= 11 is 0. The first-order chi connectivity index (χ1) is 11.3. The molecule has 0 amide bonds. The molecule has 0 aromatic heterocycles. The molecular formula is C22H30O. The fourth-order valence-electron chi connectivity index (χ4n) is 2.87. The number of aryl methyl sites for hydroxylation is 2. The predicted molar refractivity (Wildman–Crippen MR) is 99.4 cm³/mol. The Bertz CT molecular complexity index is 522. The Morgan fingerprint density at radius 1 is 0.609 bits per heavy atom. The summed E-state index contributed by atoms with van der Waals surface area (Å²) in [5.74, 6) is 2.04. The maximum atomic E-state index is 6.30. The van der Waals surface area contributed by atoms with E-state index >= 15 is 0 Å². The molecule has 2 aromatic carbocycles. The van der Waals surface area contributed by atoms with Crippen LogP contribution in [0.4, 0.5) is 0 Å². The molecule has 2 rings (SSSR count). The van der Waals surface area contributed by atoms with Gasteiger partial charge in [0.25, 0.3) is 0 Å². The zero-order chi connectivity index (χ0) is 16.3. The molecule has 0 spiro atoms. The second-order valence-electron chi connectivity index (χ2n) is 6.23. The number of benzene rings is 2. The summed E-state index contributed by atoms with van der Waals surface area (Å²) in [6.45, 7) is 4.49. The third kappa shape index (κ3) is 5.74. The third-order valence-corrected chi connectivity index (χ3v) is 4.26. The summed E-state index contributed by atoms with van der Waals surface area (Å²) in [5, 5.41) is 0. The molecule has 23 heavy (non-hydrogen) atoms. The number of hydrogen-bond acceptors (Lipinski definition) is 1. The van der Waals surface area contributed by atoms with Crippen molar-refractivity contribution in [2.24, 2.45) is 0 Å². The van der Waals surface area contributed by atoms with E-state index in [-0.39, 0.29) is 0 Å². The van der Waals surface area contributed by atoms with Crippen LogP contribution in [0.2, 0.25) is 0 Å². The number of hydrogen-bond donors (Lipinski definition) is 0. The first kappa shape index (κ1) is 17.6. The Balaban J connectivity index is 2.09. The van der Waals surface area contributed by atoms with E-state index in [1.807, 2.05) is 0 Å². The summed E-state index contributed by atoms with van der Waals surface area (Å²) in [7, 11) is 0. The van der Waals surface area contributed by atoms with Crippen molar-refractivity contribution in [3.05, 3.63) is 59.7 Å². The molecule has 124 valence electrons. The zero-order valence-electron chi connectivity index (χ0n) is 14.7. The van der Waals surface area contributed by atoms with Crippen LogP contribution in [0, 0.1) is 0 Å². The Labute approximate surface area is 141 Å². The Morgan fingerprint density at radius 3 is 1.48 bits per heavy atom. The second-order valence-corrected chi connectivity index (χ2v) is 6.23. The number of rotatable bonds is 10. The molecule has 0 radical (unpaired) electrons. The Kier molecular flexibility index (Phi) is 7.72. The maximum absolute atomic E-state index is 6.30. The lowest BCUT2D eigenvalue weighted by Gasteiger charge is -2.14. The van der Waals surface area contributed by atoms with Crippen LogP contribution in [-0.4, -0.2) is 0 Å². The van der Waals surface area contributed by atoms with E-state index in [4.69, 9.17) is 4.74 Å². The van der Waals surface area contributed by atoms with Gasteiger partial charge in [0, 0.05) is 0 Å². The van der Waals surface area contributed by atoms with Gasteiger partial charge in [-0.2, -0.15) is 0 Å². The lowest BCUT2D eigenvalue weighted by molar-refractivity contribution is 0.467. The minimum absolute atomic E-state index is 1.02. The highest BCUT2D eigenvalue weighted by Gasteiger charge is 2.08. The van der Waals surface area contributed by atoms with Crippen LogP contribution >= 0.6 is 0 Å². The molecule has 1 nitrogen and oxygen atoms in total.